The van der Waals surface area contributed by atoms with Crippen molar-refractivity contribution in [2.45, 2.75) is 44.2 Å². The molecule has 0 amide bonds. The SMILES string of the molecule is CCOC1CC(NS(=O)(=O)c2ccc(N)c(Cl)c2)C1(C)C. The zero-order valence-corrected chi connectivity index (χ0v) is 14.0. The number of benzene rings is 1. The first-order valence-corrected chi connectivity index (χ1v) is 8.73. The second-order valence-corrected chi connectivity index (χ2v) is 7.98. The van der Waals surface area contributed by atoms with Crippen LogP contribution in [0.5, 0.6) is 0 Å². The van der Waals surface area contributed by atoms with E-state index in [-0.39, 0.29) is 27.5 Å². The lowest BCUT2D eigenvalue weighted by Crippen LogP contribution is -2.61. The minimum Gasteiger partial charge on any atom is -0.398 e. The standard InChI is InChI=1S/C14H21ClN2O3S/c1-4-20-13-8-12(14(13,2)3)17-21(18,19)9-5-6-11(16)10(15)7-9/h5-7,12-13,17H,4,8,16H2,1-3H3. The molecule has 7 heteroatoms. The predicted molar refractivity (Wildman–Crippen MR) is 83.8 cm³/mol. The van der Waals surface area contributed by atoms with Crippen LogP contribution in [0, 0.1) is 5.41 Å². The molecule has 3 N–H and O–H groups in total. The van der Waals surface area contributed by atoms with Gasteiger partial charge in [0.25, 0.3) is 0 Å². The molecule has 118 valence electrons. The molecule has 0 aromatic heterocycles. The summed E-state index contributed by atoms with van der Waals surface area (Å²) in [6, 6.07) is 4.15. The van der Waals surface area contributed by atoms with Crippen LogP contribution in [0.25, 0.3) is 0 Å². The van der Waals surface area contributed by atoms with Crippen molar-refractivity contribution >= 4 is 27.3 Å². The van der Waals surface area contributed by atoms with Crippen molar-refractivity contribution in [3.8, 4) is 0 Å². The molecule has 0 radical (unpaired) electrons. The van der Waals surface area contributed by atoms with E-state index in [1.54, 1.807) is 0 Å². The lowest BCUT2D eigenvalue weighted by Gasteiger charge is -2.51. The van der Waals surface area contributed by atoms with Crippen LogP contribution >= 0.6 is 11.6 Å². The van der Waals surface area contributed by atoms with Gasteiger partial charge in [-0.3, -0.25) is 0 Å². The molecule has 1 fully saturated rings. The van der Waals surface area contributed by atoms with Gasteiger partial charge in [0.15, 0.2) is 0 Å². The number of sulfonamides is 1. The molecule has 2 rings (SSSR count). The van der Waals surface area contributed by atoms with Gasteiger partial charge in [0, 0.05) is 18.1 Å². The Morgan fingerprint density at radius 3 is 2.67 bits per heavy atom. The van der Waals surface area contributed by atoms with E-state index in [0.29, 0.717) is 18.7 Å². The molecule has 1 aliphatic rings. The molecule has 0 spiro atoms. The van der Waals surface area contributed by atoms with E-state index < -0.39 is 10.0 Å². The second kappa shape index (κ2) is 5.76. The number of anilines is 1. The second-order valence-electron chi connectivity index (χ2n) is 5.86. The van der Waals surface area contributed by atoms with Gasteiger partial charge in [0.2, 0.25) is 10.0 Å². The Hall–Kier alpha value is -0.820. The molecule has 2 atom stereocenters. The highest BCUT2D eigenvalue weighted by Gasteiger charge is 2.50. The maximum absolute atomic E-state index is 12.4. The highest BCUT2D eigenvalue weighted by atomic mass is 35.5. The molecule has 5 nitrogen and oxygen atoms in total. The third-order valence-corrected chi connectivity index (χ3v) is 5.92. The smallest absolute Gasteiger partial charge is 0.240 e. The monoisotopic (exact) mass is 332 g/mol. The molecule has 1 saturated carbocycles. The number of nitrogen functional groups attached to an aromatic ring is 1. The van der Waals surface area contributed by atoms with E-state index in [2.05, 4.69) is 4.72 Å². The van der Waals surface area contributed by atoms with E-state index in [9.17, 15) is 8.42 Å². The molecule has 0 bridgehead atoms. The number of nitrogens with one attached hydrogen (secondary N) is 1. The van der Waals surface area contributed by atoms with Crippen LogP contribution in [-0.2, 0) is 14.8 Å². The Kier molecular flexibility index (Phi) is 4.54. The first-order chi connectivity index (χ1) is 9.68. The summed E-state index contributed by atoms with van der Waals surface area (Å²) in [4.78, 5) is 0.123. The third-order valence-electron chi connectivity index (χ3n) is 4.13. The summed E-state index contributed by atoms with van der Waals surface area (Å²) in [5.74, 6) is 0. The summed E-state index contributed by atoms with van der Waals surface area (Å²) < 4.78 is 33.1. The van der Waals surface area contributed by atoms with E-state index in [4.69, 9.17) is 22.1 Å². The molecule has 2 unspecified atom stereocenters. The van der Waals surface area contributed by atoms with Gasteiger partial charge < -0.3 is 10.5 Å². The summed E-state index contributed by atoms with van der Waals surface area (Å²) in [5, 5.41) is 0.234. The molecule has 21 heavy (non-hydrogen) atoms. The van der Waals surface area contributed by atoms with Crippen molar-refractivity contribution in [2.75, 3.05) is 12.3 Å². The largest absolute Gasteiger partial charge is 0.398 e. The fraction of sp³-hybridized carbons (Fsp3) is 0.571. The van der Waals surface area contributed by atoms with Gasteiger partial charge in [-0.1, -0.05) is 25.4 Å². The van der Waals surface area contributed by atoms with Crippen LogP contribution < -0.4 is 10.5 Å². The zero-order valence-electron chi connectivity index (χ0n) is 12.4. The van der Waals surface area contributed by atoms with E-state index in [0.717, 1.165) is 0 Å². The number of hydrogen-bond donors (Lipinski definition) is 2. The number of nitrogens with two attached hydrogens (primary N) is 1. The highest BCUT2D eigenvalue weighted by Crippen LogP contribution is 2.43. The lowest BCUT2D eigenvalue weighted by molar-refractivity contribution is -0.108. The van der Waals surface area contributed by atoms with Crippen molar-refractivity contribution in [3.05, 3.63) is 23.2 Å². The number of halogens is 1. The normalized spacial score (nSPS) is 24.6. The molecular weight excluding hydrogens is 312 g/mol. The van der Waals surface area contributed by atoms with Crippen molar-refractivity contribution in [2.24, 2.45) is 5.41 Å². The van der Waals surface area contributed by atoms with Gasteiger partial charge in [-0.2, -0.15) is 0 Å². The van der Waals surface area contributed by atoms with Gasteiger partial charge in [-0.05, 0) is 31.5 Å². The van der Waals surface area contributed by atoms with Crippen LogP contribution in [0.3, 0.4) is 0 Å². The van der Waals surface area contributed by atoms with Gasteiger partial charge in [0.1, 0.15) is 0 Å². The summed E-state index contributed by atoms with van der Waals surface area (Å²) in [6.45, 7) is 6.56. The fourth-order valence-electron chi connectivity index (χ4n) is 2.50. The Bertz CT molecular complexity index is 631. The summed E-state index contributed by atoms with van der Waals surface area (Å²) in [5.41, 5.74) is 5.72. The van der Waals surface area contributed by atoms with E-state index in [1.807, 2.05) is 20.8 Å². The quantitative estimate of drug-likeness (QED) is 0.811. The van der Waals surface area contributed by atoms with E-state index >= 15 is 0 Å². The molecule has 0 saturated heterocycles. The van der Waals surface area contributed by atoms with Gasteiger partial charge >= 0.3 is 0 Å². The number of ether oxygens (including phenoxy) is 1. The molecule has 0 heterocycles. The summed E-state index contributed by atoms with van der Waals surface area (Å²) in [7, 11) is -3.61. The third kappa shape index (κ3) is 3.18. The Labute approximate surface area is 130 Å². The fourth-order valence-corrected chi connectivity index (χ4v) is 4.18. The number of rotatable bonds is 5. The highest BCUT2D eigenvalue weighted by molar-refractivity contribution is 7.89. The van der Waals surface area contributed by atoms with E-state index in [1.165, 1.54) is 18.2 Å². The van der Waals surface area contributed by atoms with Crippen LogP contribution in [0.4, 0.5) is 5.69 Å². The average molecular weight is 333 g/mol. The predicted octanol–water partition coefficient (Wildman–Crippen LogP) is 2.40. The zero-order chi connectivity index (χ0) is 15.8. The van der Waals surface area contributed by atoms with Gasteiger partial charge in [-0.15, -0.1) is 0 Å². The minimum atomic E-state index is -3.61. The molecule has 0 aliphatic heterocycles. The lowest BCUT2D eigenvalue weighted by atomic mass is 9.65. The Morgan fingerprint density at radius 1 is 1.48 bits per heavy atom. The Balaban J connectivity index is 2.14. The van der Waals surface area contributed by atoms with Crippen LogP contribution in [0.15, 0.2) is 23.1 Å². The topological polar surface area (TPSA) is 81.4 Å². The first-order valence-electron chi connectivity index (χ1n) is 6.87. The number of hydrogen-bond acceptors (Lipinski definition) is 4. The molecule has 1 aromatic rings. The summed E-state index contributed by atoms with van der Waals surface area (Å²) >= 11 is 5.89. The molecular formula is C14H21ClN2O3S. The van der Waals surface area contributed by atoms with Crippen LogP contribution in [0.1, 0.15) is 27.2 Å². The maximum Gasteiger partial charge on any atom is 0.240 e. The van der Waals surface area contributed by atoms with Crippen LogP contribution in [-0.4, -0.2) is 27.2 Å². The van der Waals surface area contributed by atoms with Gasteiger partial charge in [-0.25, -0.2) is 13.1 Å². The maximum atomic E-state index is 12.4. The molecule has 1 aliphatic carbocycles. The minimum absolute atomic E-state index is 0.0743. The van der Waals surface area contributed by atoms with Crippen molar-refractivity contribution in [1.82, 2.24) is 4.72 Å². The van der Waals surface area contributed by atoms with Crippen LogP contribution in [0.2, 0.25) is 5.02 Å². The van der Waals surface area contributed by atoms with Gasteiger partial charge in [0.05, 0.1) is 21.7 Å². The molecule has 1 aromatic carbocycles. The van der Waals surface area contributed by atoms with Crippen molar-refractivity contribution in [1.29, 1.82) is 0 Å². The average Bonchev–Trinajstić information content (AvgIpc) is 2.40. The van der Waals surface area contributed by atoms with Crippen molar-refractivity contribution in [3.63, 3.8) is 0 Å². The first kappa shape index (κ1) is 16.5. The summed E-state index contributed by atoms with van der Waals surface area (Å²) in [6.07, 6.45) is 0.744. The Morgan fingerprint density at radius 2 is 2.14 bits per heavy atom. The van der Waals surface area contributed by atoms with Crippen molar-refractivity contribution < 1.29 is 13.2 Å².